The van der Waals surface area contributed by atoms with Crippen molar-refractivity contribution in [3.05, 3.63) is 59.4 Å². The zero-order valence-corrected chi connectivity index (χ0v) is 14.6. The van der Waals surface area contributed by atoms with E-state index in [1.54, 1.807) is 0 Å². The number of nitrogens with zero attached hydrogens (tertiary/aromatic N) is 1. The number of benzene rings is 1. The van der Waals surface area contributed by atoms with Gasteiger partial charge in [-0.25, -0.2) is 0 Å². The number of pyridine rings is 1. The third kappa shape index (κ3) is 6.94. The molecule has 1 aromatic heterocycles. The van der Waals surface area contributed by atoms with Crippen LogP contribution < -0.4 is 5.32 Å². The molecular weight excluding hydrogens is 256 g/mol. The summed E-state index contributed by atoms with van der Waals surface area (Å²) in [6.07, 6.45) is 0. The third-order valence-electron chi connectivity index (χ3n) is 2.79. The molecule has 1 unspecified atom stereocenters. The molecule has 0 radical (unpaired) electrons. The summed E-state index contributed by atoms with van der Waals surface area (Å²) in [5.41, 5.74) is 4.54. The number of hydrogen-bond acceptors (Lipinski definition) is 2. The fraction of sp³-hybridized carbons (Fsp3) is 0.421. The van der Waals surface area contributed by atoms with Gasteiger partial charge >= 0.3 is 0 Å². The van der Waals surface area contributed by atoms with Crippen LogP contribution in [0.1, 0.15) is 57.6 Å². The molecule has 2 heteroatoms. The quantitative estimate of drug-likeness (QED) is 0.757. The summed E-state index contributed by atoms with van der Waals surface area (Å²) < 4.78 is 0. The summed E-state index contributed by atoms with van der Waals surface area (Å²) in [4.78, 5) is 4.52. The van der Waals surface area contributed by atoms with E-state index >= 15 is 0 Å². The van der Waals surface area contributed by atoms with Crippen LogP contribution in [0, 0.1) is 13.8 Å². The monoisotopic (exact) mass is 286 g/mol. The topological polar surface area (TPSA) is 24.9 Å². The lowest BCUT2D eigenvalue weighted by molar-refractivity contribution is 0.831. The maximum absolute atomic E-state index is 4.52. The number of anilines is 1. The second-order valence-electron chi connectivity index (χ2n) is 4.44. The molecule has 0 aliphatic rings. The zero-order chi connectivity index (χ0) is 16.3. The number of hydrogen-bond donors (Lipinski definition) is 1. The predicted octanol–water partition coefficient (Wildman–Crippen LogP) is 5.92. The Bertz CT molecular complexity index is 489. The highest BCUT2D eigenvalue weighted by Gasteiger charge is 2.06. The van der Waals surface area contributed by atoms with Gasteiger partial charge in [0.1, 0.15) is 0 Å². The van der Waals surface area contributed by atoms with Crippen molar-refractivity contribution >= 4 is 5.69 Å². The molecule has 0 saturated heterocycles. The van der Waals surface area contributed by atoms with E-state index in [0.29, 0.717) is 0 Å². The Hall–Kier alpha value is -1.83. The van der Waals surface area contributed by atoms with E-state index in [0.717, 1.165) is 17.1 Å². The smallest absolute Gasteiger partial charge is 0.0657 e. The van der Waals surface area contributed by atoms with Crippen molar-refractivity contribution in [2.45, 2.75) is 54.5 Å². The van der Waals surface area contributed by atoms with Crippen molar-refractivity contribution < 1.29 is 0 Å². The summed E-state index contributed by atoms with van der Waals surface area (Å²) >= 11 is 0. The van der Waals surface area contributed by atoms with Crippen LogP contribution in [0.4, 0.5) is 5.69 Å². The van der Waals surface area contributed by atoms with Gasteiger partial charge < -0.3 is 5.32 Å². The first kappa shape index (κ1) is 19.2. The minimum absolute atomic E-state index is 0.220. The van der Waals surface area contributed by atoms with Gasteiger partial charge in [-0.2, -0.15) is 0 Å². The summed E-state index contributed by atoms with van der Waals surface area (Å²) in [6, 6.07) is 14.8. The average Bonchev–Trinajstić information content (AvgIpc) is 2.53. The Morgan fingerprint density at radius 1 is 0.857 bits per heavy atom. The lowest BCUT2D eigenvalue weighted by Gasteiger charge is -2.15. The molecule has 0 bridgehead atoms. The van der Waals surface area contributed by atoms with E-state index < -0.39 is 0 Å². The van der Waals surface area contributed by atoms with E-state index in [4.69, 9.17) is 0 Å². The summed E-state index contributed by atoms with van der Waals surface area (Å²) in [5.74, 6) is 0. The normalized spacial score (nSPS) is 10.4. The van der Waals surface area contributed by atoms with Crippen LogP contribution in [0.15, 0.2) is 42.5 Å². The molecule has 21 heavy (non-hydrogen) atoms. The number of nitrogens with one attached hydrogen (secondary N) is 1. The molecule has 0 fully saturated rings. The van der Waals surface area contributed by atoms with Gasteiger partial charge in [0.05, 0.1) is 11.7 Å². The molecule has 1 aromatic carbocycles. The number of aryl methyl sites for hydroxylation is 2. The van der Waals surface area contributed by atoms with Crippen LogP contribution in [0.5, 0.6) is 0 Å². The predicted molar refractivity (Wildman–Crippen MR) is 94.9 cm³/mol. The summed E-state index contributed by atoms with van der Waals surface area (Å²) in [6.45, 7) is 14.2. The molecule has 0 aliphatic heterocycles. The highest BCUT2D eigenvalue weighted by atomic mass is 14.9. The Morgan fingerprint density at radius 2 is 1.43 bits per heavy atom. The van der Waals surface area contributed by atoms with Crippen LogP contribution in [-0.2, 0) is 0 Å². The van der Waals surface area contributed by atoms with Gasteiger partial charge in [0.15, 0.2) is 0 Å². The Kier molecular flexibility index (Phi) is 9.95. The lowest BCUT2D eigenvalue weighted by Crippen LogP contribution is -2.08. The Balaban J connectivity index is 0.000000921. The van der Waals surface area contributed by atoms with Crippen molar-refractivity contribution in [2.75, 3.05) is 5.32 Å². The van der Waals surface area contributed by atoms with Gasteiger partial charge in [-0.05, 0) is 45.0 Å². The maximum atomic E-state index is 4.52. The molecule has 0 aliphatic carbocycles. The lowest BCUT2D eigenvalue weighted by atomic mass is 10.1. The standard InChI is InChI=1S/C15H18N2.2C2H6/c1-11-7-9-14(10-8-11)17-13(3)15-6-4-5-12(2)16-15;2*1-2/h4-10,13,17H,1-3H3;2*1-2H3. The Labute approximate surface area is 130 Å². The molecule has 116 valence electrons. The van der Waals surface area contributed by atoms with Gasteiger partial charge in [0, 0.05) is 11.4 Å². The molecule has 1 heterocycles. The summed E-state index contributed by atoms with van der Waals surface area (Å²) in [7, 11) is 0. The van der Waals surface area contributed by atoms with Crippen LogP contribution in [-0.4, -0.2) is 4.98 Å². The molecule has 1 atom stereocenters. The van der Waals surface area contributed by atoms with E-state index in [1.165, 1.54) is 5.56 Å². The third-order valence-corrected chi connectivity index (χ3v) is 2.79. The van der Waals surface area contributed by atoms with Crippen molar-refractivity contribution in [2.24, 2.45) is 0 Å². The van der Waals surface area contributed by atoms with Crippen molar-refractivity contribution in [1.29, 1.82) is 0 Å². The molecule has 1 N–H and O–H groups in total. The highest BCUT2D eigenvalue weighted by Crippen LogP contribution is 2.18. The average molecular weight is 286 g/mol. The van der Waals surface area contributed by atoms with Crippen molar-refractivity contribution in [1.82, 2.24) is 4.98 Å². The second-order valence-corrected chi connectivity index (χ2v) is 4.44. The van der Waals surface area contributed by atoms with E-state index in [9.17, 15) is 0 Å². The molecular formula is C19H30N2. The van der Waals surface area contributed by atoms with Crippen molar-refractivity contribution in [3.8, 4) is 0 Å². The fourth-order valence-electron chi connectivity index (χ4n) is 1.78. The fourth-order valence-corrected chi connectivity index (χ4v) is 1.78. The molecule has 2 nitrogen and oxygen atoms in total. The van der Waals surface area contributed by atoms with Gasteiger partial charge in [0.2, 0.25) is 0 Å². The molecule has 2 aromatic rings. The van der Waals surface area contributed by atoms with Crippen molar-refractivity contribution in [3.63, 3.8) is 0 Å². The first-order chi connectivity index (χ1) is 10.1. The SMILES string of the molecule is CC.CC.Cc1ccc(NC(C)c2cccc(C)n2)cc1. The van der Waals surface area contributed by atoms with Gasteiger partial charge in [-0.15, -0.1) is 0 Å². The van der Waals surface area contributed by atoms with E-state index in [1.807, 2.05) is 46.8 Å². The summed E-state index contributed by atoms with van der Waals surface area (Å²) in [5, 5.41) is 3.45. The zero-order valence-electron chi connectivity index (χ0n) is 14.6. The first-order valence-corrected chi connectivity index (χ1v) is 7.92. The van der Waals surface area contributed by atoms with Crippen LogP contribution in [0.25, 0.3) is 0 Å². The maximum Gasteiger partial charge on any atom is 0.0657 e. The second kappa shape index (κ2) is 10.9. The number of aromatic nitrogens is 1. The van der Waals surface area contributed by atoms with Gasteiger partial charge in [-0.3, -0.25) is 4.98 Å². The van der Waals surface area contributed by atoms with Crippen LogP contribution >= 0.6 is 0 Å². The van der Waals surface area contributed by atoms with Crippen LogP contribution in [0.3, 0.4) is 0 Å². The number of rotatable bonds is 3. The molecule has 0 amide bonds. The molecule has 2 rings (SSSR count). The minimum atomic E-state index is 0.220. The highest BCUT2D eigenvalue weighted by molar-refractivity contribution is 5.46. The Morgan fingerprint density at radius 3 is 1.95 bits per heavy atom. The van der Waals surface area contributed by atoms with Crippen LogP contribution in [0.2, 0.25) is 0 Å². The largest absolute Gasteiger partial charge is 0.377 e. The molecule has 0 spiro atoms. The molecule has 0 saturated carbocycles. The van der Waals surface area contributed by atoms with Gasteiger partial charge in [0.25, 0.3) is 0 Å². The van der Waals surface area contributed by atoms with E-state index in [2.05, 4.69) is 54.5 Å². The van der Waals surface area contributed by atoms with E-state index in [-0.39, 0.29) is 6.04 Å². The minimum Gasteiger partial charge on any atom is -0.377 e. The van der Waals surface area contributed by atoms with Gasteiger partial charge in [-0.1, -0.05) is 51.5 Å². The first-order valence-electron chi connectivity index (χ1n) is 7.92.